The number of anilines is 2. The number of H-pyrrole nitrogens is 1. The van der Waals surface area contributed by atoms with Crippen molar-refractivity contribution in [3.05, 3.63) is 52.3 Å². The van der Waals surface area contributed by atoms with Crippen molar-refractivity contribution in [1.29, 1.82) is 0 Å². The third kappa shape index (κ3) is 2.85. The van der Waals surface area contributed by atoms with Crippen molar-refractivity contribution in [2.24, 2.45) is 0 Å². The van der Waals surface area contributed by atoms with Crippen molar-refractivity contribution < 1.29 is 4.79 Å². The summed E-state index contributed by atoms with van der Waals surface area (Å²) >= 11 is 0. The molecule has 0 fully saturated rings. The summed E-state index contributed by atoms with van der Waals surface area (Å²) < 4.78 is 0. The van der Waals surface area contributed by atoms with E-state index in [9.17, 15) is 9.59 Å². The summed E-state index contributed by atoms with van der Waals surface area (Å²) in [6.07, 6.45) is 0. The zero-order valence-corrected chi connectivity index (χ0v) is 11.3. The number of hydrogen-bond donors (Lipinski definition) is 3. The van der Waals surface area contributed by atoms with Gasteiger partial charge >= 0.3 is 0 Å². The van der Waals surface area contributed by atoms with Gasteiger partial charge in [0.1, 0.15) is 0 Å². The molecular weight excluding hydrogens is 256 g/mol. The van der Waals surface area contributed by atoms with E-state index in [1.165, 1.54) is 12.1 Å². The Labute approximate surface area is 116 Å². The minimum absolute atomic E-state index is 0.221. The molecule has 0 saturated carbocycles. The van der Waals surface area contributed by atoms with Crippen LogP contribution >= 0.6 is 0 Å². The van der Waals surface area contributed by atoms with E-state index in [-0.39, 0.29) is 11.5 Å². The van der Waals surface area contributed by atoms with Gasteiger partial charge in [-0.3, -0.25) is 9.59 Å². The van der Waals surface area contributed by atoms with Crippen molar-refractivity contribution in [3.8, 4) is 0 Å². The highest BCUT2D eigenvalue weighted by Gasteiger charge is 2.30. The van der Waals surface area contributed by atoms with Crippen molar-refractivity contribution in [2.45, 2.75) is 19.3 Å². The first-order valence-electron chi connectivity index (χ1n) is 6.13. The normalized spacial score (nSPS) is 11.1. The highest BCUT2D eigenvalue weighted by Crippen LogP contribution is 2.25. The third-order valence-electron chi connectivity index (χ3n) is 3.12. The van der Waals surface area contributed by atoms with Crippen LogP contribution in [0.4, 0.5) is 11.5 Å². The molecule has 2 rings (SSSR count). The lowest BCUT2D eigenvalue weighted by Crippen LogP contribution is -2.35. The third-order valence-corrected chi connectivity index (χ3v) is 3.12. The highest BCUT2D eigenvalue weighted by atomic mass is 16.2. The Bertz CT molecular complexity index is 654. The van der Waals surface area contributed by atoms with E-state index in [1.54, 1.807) is 26.0 Å². The second kappa shape index (κ2) is 5.16. The number of carbonyl (C=O) groups excluding carboxylic acids is 1. The molecule has 1 amide bonds. The molecule has 0 saturated heterocycles. The molecule has 0 aliphatic heterocycles. The van der Waals surface area contributed by atoms with Gasteiger partial charge < -0.3 is 11.1 Å². The predicted molar refractivity (Wildman–Crippen MR) is 77.4 cm³/mol. The number of nitrogens with zero attached hydrogens (tertiary/aromatic N) is 1. The molecule has 0 bridgehead atoms. The van der Waals surface area contributed by atoms with Gasteiger partial charge in [-0.1, -0.05) is 12.1 Å². The zero-order chi connectivity index (χ0) is 14.8. The maximum atomic E-state index is 12.3. The molecule has 0 aliphatic rings. The molecule has 1 aromatic heterocycles. The van der Waals surface area contributed by atoms with Gasteiger partial charge in [0.15, 0.2) is 5.82 Å². The topological polar surface area (TPSA) is 101 Å². The van der Waals surface area contributed by atoms with Crippen LogP contribution in [0.3, 0.4) is 0 Å². The Morgan fingerprint density at radius 3 is 2.40 bits per heavy atom. The number of aromatic nitrogens is 2. The summed E-state index contributed by atoms with van der Waals surface area (Å²) in [5, 5.41) is 8.69. The quantitative estimate of drug-likeness (QED) is 0.732. The minimum Gasteiger partial charge on any atom is -0.399 e. The van der Waals surface area contributed by atoms with Gasteiger partial charge in [-0.15, -0.1) is 0 Å². The lowest BCUT2D eigenvalue weighted by atomic mass is 9.83. The summed E-state index contributed by atoms with van der Waals surface area (Å²) in [5.74, 6) is 0.0833. The molecule has 6 nitrogen and oxygen atoms in total. The fraction of sp³-hybridized carbons (Fsp3) is 0.214. The summed E-state index contributed by atoms with van der Waals surface area (Å²) in [6.45, 7) is 3.61. The monoisotopic (exact) mass is 272 g/mol. The van der Waals surface area contributed by atoms with Gasteiger partial charge in [0.2, 0.25) is 5.91 Å². The van der Waals surface area contributed by atoms with Crippen molar-refractivity contribution in [2.75, 3.05) is 11.1 Å². The summed E-state index contributed by atoms with van der Waals surface area (Å²) in [5.41, 5.74) is 6.06. The maximum Gasteiger partial charge on any atom is 0.264 e. The SMILES string of the molecule is CC(C)(C(=O)Nc1ccc(=O)[nH]n1)c1ccc(N)cc1. The second-order valence-electron chi connectivity index (χ2n) is 5.01. The summed E-state index contributed by atoms with van der Waals surface area (Å²) in [6, 6.07) is 9.89. The number of nitrogens with one attached hydrogen (secondary N) is 2. The van der Waals surface area contributed by atoms with Crippen LogP contribution in [0.1, 0.15) is 19.4 Å². The van der Waals surface area contributed by atoms with Crippen molar-refractivity contribution in [3.63, 3.8) is 0 Å². The number of carbonyl (C=O) groups is 1. The molecule has 2 aromatic rings. The average Bonchev–Trinajstić information content (AvgIpc) is 2.42. The minimum atomic E-state index is -0.745. The predicted octanol–water partition coefficient (Wildman–Crippen LogP) is 1.27. The molecule has 0 unspecified atom stereocenters. The van der Waals surface area contributed by atoms with Crippen LogP contribution in [-0.4, -0.2) is 16.1 Å². The standard InChI is InChI=1S/C14H16N4O2/c1-14(2,9-3-5-10(15)6-4-9)13(20)16-11-7-8-12(19)18-17-11/h3-8H,15H2,1-2H3,(H,18,19)(H,16,17,20). The number of rotatable bonds is 3. The molecule has 0 aliphatic carbocycles. The Morgan fingerprint density at radius 1 is 1.20 bits per heavy atom. The molecule has 4 N–H and O–H groups in total. The van der Waals surface area contributed by atoms with E-state index in [0.717, 1.165) is 5.56 Å². The van der Waals surface area contributed by atoms with Gasteiger partial charge in [-0.05, 0) is 37.6 Å². The lowest BCUT2D eigenvalue weighted by molar-refractivity contribution is -0.120. The van der Waals surface area contributed by atoms with Crippen LogP contribution in [0, 0.1) is 0 Å². The molecule has 1 heterocycles. The van der Waals surface area contributed by atoms with Crippen LogP contribution in [0.5, 0.6) is 0 Å². The average molecular weight is 272 g/mol. The fourth-order valence-electron chi connectivity index (χ4n) is 1.72. The molecule has 0 atom stereocenters. The van der Waals surface area contributed by atoms with E-state index in [4.69, 9.17) is 5.73 Å². The summed E-state index contributed by atoms with van der Waals surface area (Å²) in [4.78, 5) is 23.2. The molecular formula is C14H16N4O2. The fourth-order valence-corrected chi connectivity index (χ4v) is 1.72. The lowest BCUT2D eigenvalue weighted by Gasteiger charge is -2.23. The first kappa shape index (κ1) is 13.8. The number of aromatic amines is 1. The van der Waals surface area contributed by atoms with Crippen LogP contribution in [-0.2, 0) is 10.2 Å². The van der Waals surface area contributed by atoms with Gasteiger partial charge in [0, 0.05) is 11.8 Å². The first-order chi connectivity index (χ1) is 9.39. The number of benzene rings is 1. The smallest absolute Gasteiger partial charge is 0.264 e. The van der Waals surface area contributed by atoms with E-state index in [0.29, 0.717) is 11.5 Å². The maximum absolute atomic E-state index is 12.3. The molecule has 1 aromatic carbocycles. The first-order valence-corrected chi connectivity index (χ1v) is 6.13. The molecule has 6 heteroatoms. The van der Waals surface area contributed by atoms with E-state index in [2.05, 4.69) is 15.5 Å². The van der Waals surface area contributed by atoms with Gasteiger partial charge in [0.25, 0.3) is 5.56 Å². The Kier molecular flexibility index (Phi) is 3.56. The second-order valence-corrected chi connectivity index (χ2v) is 5.01. The Morgan fingerprint density at radius 2 is 1.85 bits per heavy atom. The molecule has 0 spiro atoms. The largest absolute Gasteiger partial charge is 0.399 e. The number of nitrogens with two attached hydrogens (primary N) is 1. The Balaban J connectivity index is 2.20. The van der Waals surface area contributed by atoms with Crippen LogP contribution in [0.15, 0.2) is 41.2 Å². The van der Waals surface area contributed by atoms with Crippen molar-refractivity contribution >= 4 is 17.4 Å². The number of amides is 1. The number of hydrogen-bond acceptors (Lipinski definition) is 4. The van der Waals surface area contributed by atoms with E-state index < -0.39 is 5.41 Å². The highest BCUT2D eigenvalue weighted by molar-refractivity contribution is 5.97. The van der Waals surface area contributed by atoms with Gasteiger partial charge in [-0.25, -0.2) is 5.10 Å². The molecule has 0 radical (unpaired) electrons. The number of nitrogen functional groups attached to an aromatic ring is 1. The van der Waals surface area contributed by atoms with Gasteiger partial charge in [-0.2, -0.15) is 5.10 Å². The van der Waals surface area contributed by atoms with E-state index >= 15 is 0 Å². The Hall–Kier alpha value is -2.63. The zero-order valence-electron chi connectivity index (χ0n) is 11.3. The van der Waals surface area contributed by atoms with Crippen LogP contribution < -0.4 is 16.6 Å². The van der Waals surface area contributed by atoms with Gasteiger partial charge in [0.05, 0.1) is 5.41 Å². The summed E-state index contributed by atoms with van der Waals surface area (Å²) in [7, 11) is 0. The van der Waals surface area contributed by atoms with Crippen LogP contribution in [0.2, 0.25) is 0 Å². The van der Waals surface area contributed by atoms with Crippen LogP contribution in [0.25, 0.3) is 0 Å². The van der Waals surface area contributed by atoms with Crippen molar-refractivity contribution in [1.82, 2.24) is 10.2 Å². The van der Waals surface area contributed by atoms with E-state index in [1.807, 2.05) is 12.1 Å². The molecule has 104 valence electrons. The molecule has 20 heavy (non-hydrogen) atoms.